The first-order valence-electron chi connectivity index (χ1n) is 9.29. The van der Waals surface area contributed by atoms with Gasteiger partial charge in [-0.2, -0.15) is 0 Å². The van der Waals surface area contributed by atoms with Crippen molar-refractivity contribution in [1.29, 1.82) is 0 Å². The van der Waals surface area contributed by atoms with Gasteiger partial charge in [0.15, 0.2) is 0 Å². The molecule has 2 aliphatic heterocycles. The first-order chi connectivity index (χ1) is 12.6. The summed E-state index contributed by atoms with van der Waals surface area (Å²) in [6, 6.07) is 8.14. The number of benzene rings is 1. The van der Waals surface area contributed by atoms with Crippen molar-refractivity contribution in [3.05, 3.63) is 34.7 Å². The Morgan fingerprint density at radius 2 is 1.88 bits per heavy atom. The van der Waals surface area contributed by atoms with Crippen LogP contribution >= 0.6 is 11.3 Å². The second-order valence-electron chi connectivity index (χ2n) is 7.08. The van der Waals surface area contributed by atoms with Gasteiger partial charge >= 0.3 is 0 Å². The Bertz CT molecular complexity index is 826. The topological polar surface area (TPSA) is 49.9 Å². The van der Waals surface area contributed by atoms with Gasteiger partial charge in [-0.3, -0.25) is 9.59 Å². The number of hydrogen-bond donors (Lipinski definition) is 0. The van der Waals surface area contributed by atoms with E-state index in [2.05, 4.69) is 12.1 Å². The third-order valence-electron chi connectivity index (χ3n) is 5.42. The Balaban J connectivity index is 1.50. The number of nitrogens with zero attached hydrogens (tertiary/aromatic N) is 2. The monoisotopic (exact) mass is 372 g/mol. The molecule has 0 saturated carbocycles. The number of morpholine rings is 1. The predicted octanol–water partition coefficient (Wildman–Crippen LogP) is 2.92. The van der Waals surface area contributed by atoms with Crippen molar-refractivity contribution in [3.8, 4) is 0 Å². The maximum atomic E-state index is 13.1. The maximum Gasteiger partial charge on any atom is 0.264 e. The number of thiophene rings is 1. The van der Waals surface area contributed by atoms with Crippen LogP contribution in [0.15, 0.2) is 24.3 Å². The molecule has 5 nitrogen and oxygen atoms in total. The lowest BCUT2D eigenvalue weighted by atomic mass is 9.96. The molecule has 26 heavy (non-hydrogen) atoms. The molecule has 0 spiro atoms. The van der Waals surface area contributed by atoms with Crippen LogP contribution in [0.25, 0.3) is 10.1 Å². The second kappa shape index (κ2) is 7.37. The van der Waals surface area contributed by atoms with Gasteiger partial charge in [0.25, 0.3) is 5.91 Å². The molecule has 0 N–H and O–H groups in total. The SMILES string of the molecule is Cc1c(C(=O)N2CCCC(C(=O)N3CCOCC3)C2)sc2ccccc12. The van der Waals surface area contributed by atoms with E-state index in [4.69, 9.17) is 4.74 Å². The average Bonchev–Trinajstić information content (AvgIpc) is 3.04. The fourth-order valence-electron chi connectivity index (χ4n) is 3.93. The van der Waals surface area contributed by atoms with Crippen LogP contribution in [0.3, 0.4) is 0 Å². The van der Waals surface area contributed by atoms with Crippen LogP contribution < -0.4 is 0 Å². The molecule has 0 bridgehead atoms. The highest BCUT2D eigenvalue weighted by molar-refractivity contribution is 7.21. The highest BCUT2D eigenvalue weighted by atomic mass is 32.1. The van der Waals surface area contributed by atoms with E-state index in [-0.39, 0.29) is 17.7 Å². The lowest BCUT2D eigenvalue weighted by Crippen LogP contribution is -2.49. The number of carbonyl (C=O) groups excluding carboxylic acids is 2. The van der Waals surface area contributed by atoms with Gasteiger partial charge in [0, 0.05) is 30.9 Å². The molecular weight excluding hydrogens is 348 g/mol. The minimum atomic E-state index is -0.0829. The van der Waals surface area contributed by atoms with Crippen LogP contribution in [0.2, 0.25) is 0 Å². The van der Waals surface area contributed by atoms with Crippen LogP contribution in [0.1, 0.15) is 28.1 Å². The molecule has 1 unspecified atom stereocenters. The van der Waals surface area contributed by atoms with Gasteiger partial charge in [-0.15, -0.1) is 11.3 Å². The predicted molar refractivity (Wildman–Crippen MR) is 103 cm³/mol. The van der Waals surface area contributed by atoms with Gasteiger partial charge in [-0.1, -0.05) is 18.2 Å². The largest absolute Gasteiger partial charge is 0.378 e. The standard InChI is InChI=1S/C20H24N2O3S/c1-14-16-6-2-3-7-17(16)26-18(14)20(24)22-8-4-5-15(13-22)19(23)21-9-11-25-12-10-21/h2-3,6-7,15H,4-5,8-13H2,1H3. The summed E-state index contributed by atoms with van der Waals surface area (Å²) in [6.45, 7) is 5.84. The molecule has 6 heteroatoms. The quantitative estimate of drug-likeness (QED) is 0.814. The molecule has 2 aliphatic rings. The van der Waals surface area contributed by atoms with Gasteiger partial charge < -0.3 is 14.5 Å². The van der Waals surface area contributed by atoms with E-state index in [9.17, 15) is 9.59 Å². The lowest BCUT2D eigenvalue weighted by Gasteiger charge is -2.36. The van der Waals surface area contributed by atoms with Gasteiger partial charge in [-0.05, 0) is 36.8 Å². The van der Waals surface area contributed by atoms with Crippen LogP contribution in [0.4, 0.5) is 0 Å². The van der Waals surface area contributed by atoms with Crippen molar-refractivity contribution >= 4 is 33.2 Å². The summed E-state index contributed by atoms with van der Waals surface area (Å²) in [4.78, 5) is 30.5. The summed E-state index contributed by atoms with van der Waals surface area (Å²) in [7, 11) is 0. The summed E-state index contributed by atoms with van der Waals surface area (Å²) < 4.78 is 6.48. The molecule has 1 atom stereocenters. The molecule has 1 aromatic heterocycles. The Hall–Kier alpha value is -1.92. The van der Waals surface area contributed by atoms with E-state index in [1.165, 1.54) is 0 Å². The number of likely N-dealkylation sites (tertiary alicyclic amines) is 1. The Morgan fingerprint density at radius 1 is 1.12 bits per heavy atom. The molecule has 138 valence electrons. The minimum Gasteiger partial charge on any atom is -0.378 e. The van der Waals surface area contributed by atoms with Crippen molar-refractivity contribution in [3.63, 3.8) is 0 Å². The van der Waals surface area contributed by atoms with Crippen LogP contribution in [0.5, 0.6) is 0 Å². The second-order valence-corrected chi connectivity index (χ2v) is 8.13. The Morgan fingerprint density at radius 3 is 2.65 bits per heavy atom. The molecule has 1 aromatic carbocycles. The zero-order valence-corrected chi connectivity index (χ0v) is 15.9. The Labute approximate surface area is 157 Å². The van der Waals surface area contributed by atoms with E-state index < -0.39 is 0 Å². The van der Waals surface area contributed by atoms with Crippen molar-refractivity contribution in [2.45, 2.75) is 19.8 Å². The van der Waals surface area contributed by atoms with E-state index in [0.717, 1.165) is 39.9 Å². The third kappa shape index (κ3) is 3.23. The molecule has 4 rings (SSSR count). The first-order valence-corrected chi connectivity index (χ1v) is 10.1. The number of amides is 2. The maximum absolute atomic E-state index is 13.1. The fraction of sp³-hybridized carbons (Fsp3) is 0.500. The zero-order chi connectivity index (χ0) is 18.1. The summed E-state index contributed by atoms with van der Waals surface area (Å²) in [5, 5.41) is 1.15. The van der Waals surface area contributed by atoms with Crippen LogP contribution in [-0.2, 0) is 9.53 Å². The highest BCUT2D eigenvalue weighted by Crippen LogP contribution is 2.32. The molecule has 2 amide bonds. The first kappa shape index (κ1) is 17.5. The van der Waals surface area contributed by atoms with Crippen molar-refractivity contribution in [2.75, 3.05) is 39.4 Å². The van der Waals surface area contributed by atoms with Gasteiger partial charge in [-0.25, -0.2) is 0 Å². The molecule has 0 radical (unpaired) electrons. The Kier molecular flexibility index (Phi) is 4.96. The van der Waals surface area contributed by atoms with Crippen LogP contribution in [-0.4, -0.2) is 61.0 Å². The molecular formula is C20H24N2O3S. The third-order valence-corrected chi connectivity index (χ3v) is 6.68. The summed E-state index contributed by atoms with van der Waals surface area (Å²) >= 11 is 1.56. The van der Waals surface area contributed by atoms with Gasteiger partial charge in [0.05, 0.1) is 24.0 Å². The van der Waals surface area contributed by atoms with E-state index in [1.807, 2.05) is 28.9 Å². The lowest BCUT2D eigenvalue weighted by molar-refractivity contribution is -0.141. The van der Waals surface area contributed by atoms with Crippen LogP contribution in [0, 0.1) is 12.8 Å². The highest BCUT2D eigenvalue weighted by Gasteiger charge is 2.33. The smallest absolute Gasteiger partial charge is 0.264 e. The van der Waals surface area contributed by atoms with Crippen molar-refractivity contribution in [1.82, 2.24) is 9.80 Å². The fourth-order valence-corrected chi connectivity index (χ4v) is 5.10. The van der Waals surface area contributed by atoms with Crippen molar-refractivity contribution < 1.29 is 14.3 Å². The average molecular weight is 372 g/mol. The molecule has 2 fully saturated rings. The molecule has 3 heterocycles. The van der Waals surface area contributed by atoms with E-state index >= 15 is 0 Å². The van der Waals surface area contributed by atoms with E-state index in [0.29, 0.717) is 32.8 Å². The number of carbonyl (C=O) groups is 2. The van der Waals surface area contributed by atoms with Crippen molar-refractivity contribution in [2.24, 2.45) is 5.92 Å². The number of fused-ring (bicyclic) bond motifs is 1. The molecule has 0 aliphatic carbocycles. The molecule has 2 aromatic rings. The minimum absolute atomic E-state index is 0.0724. The number of hydrogen-bond acceptors (Lipinski definition) is 4. The number of rotatable bonds is 2. The number of piperidine rings is 1. The number of ether oxygens (including phenoxy) is 1. The van der Waals surface area contributed by atoms with Gasteiger partial charge in [0.2, 0.25) is 5.91 Å². The summed E-state index contributed by atoms with van der Waals surface area (Å²) in [6.07, 6.45) is 1.75. The zero-order valence-electron chi connectivity index (χ0n) is 15.1. The summed E-state index contributed by atoms with van der Waals surface area (Å²) in [5.74, 6) is 0.169. The molecule has 2 saturated heterocycles. The summed E-state index contributed by atoms with van der Waals surface area (Å²) in [5.41, 5.74) is 1.05. The van der Waals surface area contributed by atoms with E-state index in [1.54, 1.807) is 11.3 Å². The normalized spacial score (nSPS) is 21.2. The number of aryl methyl sites for hydroxylation is 1. The van der Waals surface area contributed by atoms with Gasteiger partial charge in [0.1, 0.15) is 0 Å².